The van der Waals surface area contributed by atoms with Crippen LogP contribution in [-0.2, 0) is 16.1 Å². The molecule has 8 nitrogen and oxygen atoms in total. The van der Waals surface area contributed by atoms with Crippen LogP contribution in [0.2, 0.25) is 5.02 Å². The molecule has 0 unspecified atom stereocenters. The Balaban J connectivity index is 2.01. The van der Waals surface area contributed by atoms with Gasteiger partial charge in [0.1, 0.15) is 5.56 Å². The largest absolute Gasteiger partial charge is 0.452 e. The van der Waals surface area contributed by atoms with Gasteiger partial charge in [-0.25, -0.2) is 9.59 Å². The van der Waals surface area contributed by atoms with Crippen LogP contribution in [0.25, 0.3) is 0 Å². The zero-order valence-corrected chi connectivity index (χ0v) is 17.9. The second kappa shape index (κ2) is 9.09. The van der Waals surface area contributed by atoms with E-state index in [1.165, 1.54) is 0 Å². The molecule has 0 saturated carbocycles. The summed E-state index contributed by atoms with van der Waals surface area (Å²) in [6, 6.07) is 6.72. The third-order valence-corrected chi connectivity index (χ3v) is 4.31. The van der Waals surface area contributed by atoms with Gasteiger partial charge in [-0.1, -0.05) is 29.8 Å². The lowest BCUT2D eigenvalue weighted by atomic mass is 10.1. The number of imide groups is 1. The summed E-state index contributed by atoms with van der Waals surface area (Å²) in [7, 11) is 0. The highest BCUT2D eigenvalue weighted by Crippen LogP contribution is 2.20. The fraction of sp³-hybridized carbons (Fsp3) is 0.400. The molecule has 3 amide bonds. The van der Waals surface area contributed by atoms with Crippen molar-refractivity contribution < 1.29 is 19.1 Å². The second-order valence-electron chi connectivity index (χ2n) is 7.62. The molecule has 0 aliphatic carbocycles. The molecule has 156 valence electrons. The van der Waals surface area contributed by atoms with Gasteiger partial charge in [0.05, 0.1) is 17.9 Å². The molecule has 2 N–H and O–H groups in total. The highest BCUT2D eigenvalue weighted by molar-refractivity contribution is 6.31. The number of ether oxygens (including phenoxy) is 1. The molecule has 0 fully saturated rings. The van der Waals surface area contributed by atoms with Gasteiger partial charge in [-0.3, -0.25) is 14.8 Å². The lowest BCUT2D eigenvalue weighted by Crippen LogP contribution is -2.49. The summed E-state index contributed by atoms with van der Waals surface area (Å²) in [5.74, 6) is -1.41. The van der Waals surface area contributed by atoms with Crippen LogP contribution in [0, 0.1) is 13.8 Å². The minimum atomic E-state index is -0.723. The molecule has 0 spiro atoms. The molecule has 2 rings (SSSR count). The second-order valence-corrected chi connectivity index (χ2v) is 8.03. The van der Waals surface area contributed by atoms with Gasteiger partial charge in [-0.2, -0.15) is 5.10 Å². The number of nitrogens with one attached hydrogen (secondary N) is 2. The van der Waals surface area contributed by atoms with Gasteiger partial charge in [0.2, 0.25) is 0 Å². The van der Waals surface area contributed by atoms with E-state index < -0.39 is 30.1 Å². The maximum absolute atomic E-state index is 12.5. The number of urea groups is 1. The first kappa shape index (κ1) is 22.4. The number of hydrogen-bond acceptors (Lipinski definition) is 5. The van der Waals surface area contributed by atoms with Gasteiger partial charge in [0, 0.05) is 10.6 Å². The summed E-state index contributed by atoms with van der Waals surface area (Å²) in [4.78, 5) is 36.0. The highest BCUT2D eigenvalue weighted by Gasteiger charge is 2.22. The van der Waals surface area contributed by atoms with Gasteiger partial charge < -0.3 is 10.1 Å². The minimum absolute atomic E-state index is 0.281. The van der Waals surface area contributed by atoms with Gasteiger partial charge in [-0.05, 0) is 46.2 Å². The average molecular weight is 421 g/mol. The van der Waals surface area contributed by atoms with Gasteiger partial charge in [-0.15, -0.1) is 0 Å². The number of aromatic nitrogens is 2. The number of carbonyl (C=O) groups excluding carboxylic acids is 3. The van der Waals surface area contributed by atoms with Crippen molar-refractivity contribution in [3.63, 3.8) is 0 Å². The molecule has 29 heavy (non-hydrogen) atoms. The highest BCUT2D eigenvalue weighted by atomic mass is 35.5. The molecule has 0 aliphatic heterocycles. The normalized spacial score (nSPS) is 11.1. The topological polar surface area (TPSA) is 102 Å². The van der Waals surface area contributed by atoms with Crippen LogP contribution >= 0.6 is 11.6 Å². The Morgan fingerprint density at radius 1 is 1.17 bits per heavy atom. The first-order valence-electron chi connectivity index (χ1n) is 9.04. The third-order valence-electron chi connectivity index (χ3n) is 3.94. The summed E-state index contributed by atoms with van der Waals surface area (Å²) >= 11 is 6.19. The molecule has 0 bridgehead atoms. The van der Waals surface area contributed by atoms with E-state index in [0.717, 1.165) is 5.56 Å². The number of amides is 3. The summed E-state index contributed by atoms with van der Waals surface area (Å²) < 4.78 is 6.72. The molecule has 0 radical (unpaired) electrons. The van der Waals surface area contributed by atoms with Crippen molar-refractivity contribution in [3.05, 3.63) is 51.8 Å². The number of carbonyl (C=O) groups is 3. The monoisotopic (exact) mass is 420 g/mol. The number of halogens is 1. The quantitative estimate of drug-likeness (QED) is 0.724. The van der Waals surface area contributed by atoms with Crippen molar-refractivity contribution in [3.8, 4) is 0 Å². The van der Waals surface area contributed by atoms with E-state index >= 15 is 0 Å². The molecule has 0 atom stereocenters. The Morgan fingerprint density at radius 2 is 1.83 bits per heavy atom. The molecule has 9 heteroatoms. The smallest absolute Gasteiger partial charge is 0.342 e. The van der Waals surface area contributed by atoms with Crippen LogP contribution in [0.15, 0.2) is 24.3 Å². The van der Waals surface area contributed by atoms with Crippen LogP contribution in [0.1, 0.15) is 48.1 Å². The fourth-order valence-corrected chi connectivity index (χ4v) is 2.87. The van der Waals surface area contributed by atoms with Crippen molar-refractivity contribution in [1.29, 1.82) is 0 Å². The number of nitrogens with zero attached hydrogens (tertiary/aromatic N) is 2. The van der Waals surface area contributed by atoms with Crippen molar-refractivity contribution in [2.75, 3.05) is 6.61 Å². The van der Waals surface area contributed by atoms with E-state index in [-0.39, 0.29) is 5.56 Å². The summed E-state index contributed by atoms with van der Waals surface area (Å²) in [5, 5.41) is 9.68. The van der Waals surface area contributed by atoms with E-state index in [9.17, 15) is 14.4 Å². The molecule has 1 heterocycles. The predicted molar refractivity (Wildman–Crippen MR) is 109 cm³/mol. The SMILES string of the molecule is Cc1nn(Cc2ccccc2Cl)c(C)c1C(=O)OCC(=O)NC(=O)NC(C)(C)C. The minimum Gasteiger partial charge on any atom is -0.452 e. The van der Waals surface area contributed by atoms with Crippen molar-refractivity contribution in [2.45, 2.75) is 46.7 Å². The molecule has 1 aromatic carbocycles. The maximum Gasteiger partial charge on any atom is 0.342 e. The van der Waals surface area contributed by atoms with Crippen LogP contribution in [0.4, 0.5) is 4.79 Å². The van der Waals surface area contributed by atoms with E-state index in [0.29, 0.717) is 23.0 Å². The lowest BCUT2D eigenvalue weighted by molar-refractivity contribution is -0.123. The number of rotatable bonds is 5. The van der Waals surface area contributed by atoms with Crippen LogP contribution in [-0.4, -0.2) is 39.8 Å². The molecule has 0 aliphatic rings. The maximum atomic E-state index is 12.5. The van der Waals surface area contributed by atoms with E-state index in [1.54, 1.807) is 45.4 Å². The van der Waals surface area contributed by atoms with Crippen LogP contribution in [0.3, 0.4) is 0 Å². The molecular formula is C20H25ClN4O4. The third kappa shape index (κ3) is 6.32. The average Bonchev–Trinajstić information content (AvgIpc) is 2.87. The first-order chi connectivity index (χ1) is 13.5. The Kier molecular flexibility index (Phi) is 7.02. The molecule has 2 aromatic rings. The molecular weight excluding hydrogens is 396 g/mol. The van der Waals surface area contributed by atoms with Crippen molar-refractivity contribution >= 4 is 29.5 Å². The predicted octanol–water partition coefficient (Wildman–Crippen LogP) is 2.98. The molecule has 1 aromatic heterocycles. The van der Waals surface area contributed by atoms with E-state index in [1.807, 2.05) is 18.2 Å². The number of hydrogen-bond donors (Lipinski definition) is 2. The number of benzene rings is 1. The van der Waals surface area contributed by atoms with Gasteiger partial charge >= 0.3 is 12.0 Å². The van der Waals surface area contributed by atoms with Crippen LogP contribution in [0.5, 0.6) is 0 Å². The van der Waals surface area contributed by atoms with E-state index in [4.69, 9.17) is 16.3 Å². The van der Waals surface area contributed by atoms with Gasteiger partial charge in [0.15, 0.2) is 6.61 Å². The van der Waals surface area contributed by atoms with Crippen LogP contribution < -0.4 is 10.6 Å². The number of esters is 1. The summed E-state index contributed by atoms with van der Waals surface area (Å²) in [6.45, 7) is 8.58. The number of aryl methyl sites for hydroxylation is 1. The lowest BCUT2D eigenvalue weighted by Gasteiger charge is -2.20. The Morgan fingerprint density at radius 3 is 2.45 bits per heavy atom. The Labute approximate surface area is 174 Å². The van der Waals surface area contributed by atoms with Crippen molar-refractivity contribution in [1.82, 2.24) is 20.4 Å². The van der Waals surface area contributed by atoms with Crippen molar-refractivity contribution in [2.24, 2.45) is 0 Å². The zero-order chi connectivity index (χ0) is 21.8. The standard InChI is InChI=1S/C20H25ClN4O4/c1-12-17(13(2)25(24-12)10-14-8-6-7-9-15(14)21)18(27)29-11-16(26)22-19(28)23-20(3,4)5/h6-9H,10-11H2,1-5H3,(H2,22,23,26,28). The zero-order valence-electron chi connectivity index (χ0n) is 17.1. The Hall–Kier alpha value is -2.87. The fourth-order valence-electron chi connectivity index (χ4n) is 2.67. The Bertz CT molecular complexity index is 931. The molecule has 0 saturated heterocycles. The first-order valence-corrected chi connectivity index (χ1v) is 9.42. The summed E-state index contributed by atoms with van der Waals surface area (Å²) in [6.07, 6.45) is 0. The van der Waals surface area contributed by atoms with Gasteiger partial charge in [0.25, 0.3) is 5.91 Å². The van der Waals surface area contributed by atoms with E-state index in [2.05, 4.69) is 15.7 Å². The summed E-state index contributed by atoms with van der Waals surface area (Å²) in [5.41, 5.74) is 1.72.